The van der Waals surface area contributed by atoms with Gasteiger partial charge in [0.15, 0.2) is 0 Å². The molecular formula is C20H28F3N5O2. The van der Waals surface area contributed by atoms with Gasteiger partial charge in [-0.1, -0.05) is 6.07 Å². The Morgan fingerprint density at radius 2 is 1.53 bits per heavy atom. The number of hydrogen-bond acceptors (Lipinski definition) is 5. The molecule has 7 nitrogen and oxygen atoms in total. The summed E-state index contributed by atoms with van der Waals surface area (Å²) in [5.74, 6) is 0.0236. The fourth-order valence-electron chi connectivity index (χ4n) is 3.77. The zero-order valence-corrected chi connectivity index (χ0v) is 17.1. The van der Waals surface area contributed by atoms with Crippen LogP contribution in [-0.4, -0.2) is 99.0 Å². The van der Waals surface area contributed by atoms with Crippen molar-refractivity contribution in [3.05, 3.63) is 29.8 Å². The summed E-state index contributed by atoms with van der Waals surface area (Å²) in [4.78, 5) is 31.9. The zero-order chi connectivity index (χ0) is 21.7. The fraction of sp³-hybridized carbons (Fsp3) is 0.600. The van der Waals surface area contributed by atoms with Gasteiger partial charge < -0.3 is 15.1 Å². The van der Waals surface area contributed by atoms with E-state index in [4.69, 9.17) is 0 Å². The van der Waals surface area contributed by atoms with Crippen molar-refractivity contribution >= 4 is 17.5 Å². The van der Waals surface area contributed by atoms with Crippen LogP contribution in [0, 0.1) is 0 Å². The van der Waals surface area contributed by atoms with E-state index in [0.29, 0.717) is 71.1 Å². The number of nitrogens with zero attached hydrogens (tertiary/aromatic N) is 4. The average molecular weight is 427 g/mol. The van der Waals surface area contributed by atoms with Crippen LogP contribution in [0.15, 0.2) is 24.3 Å². The Morgan fingerprint density at radius 3 is 2.13 bits per heavy atom. The van der Waals surface area contributed by atoms with Crippen molar-refractivity contribution in [3.8, 4) is 0 Å². The number of anilines is 1. The number of nitrogens with one attached hydrogen (secondary N) is 1. The molecule has 3 rings (SSSR count). The van der Waals surface area contributed by atoms with E-state index in [2.05, 4.69) is 5.32 Å². The number of likely N-dealkylation sites (N-methyl/N-ethyl adjacent to an activating group) is 1. The molecule has 2 fully saturated rings. The lowest BCUT2D eigenvalue weighted by Crippen LogP contribution is -2.54. The van der Waals surface area contributed by atoms with Crippen molar-refractivity contribution in [2.24, 2.45) is 0 Å². The maximum Gasteiger partial charge on any atom is 0.416 e. The number of halogens is 3. The minimum atomic E-state index is -4.35. The van der Waals surface area contributed by atoms with Crippen LogP contribution in [0.1, 0.15) is 5.56 Å². The predicted molar refractivity (Wildman–Crippen MR) is 107 cm³/mol. The number of alkyl halides is 3. The highest BCUT2D eigenvalue weighted by Crippen LogP contribution is 2.31. The Hall–Kier alpha value is -2.33. The molecule has 1 aromatic rings. The Kier molecular flexibility index (Phi) is 7.19. The SMILES string of the molecule is CNC(=O)CN1CCN(C(=O)CN2CCN(c3cccc(C(F)(F)F)c3)CC2)CC1. The molecule has 0 unspecified atom stereocenters. The third kappa shape index (κ3) is 5.85. The number of rotatable bonds is 5. The summed E-state index contributed by atoms with van der Waals surface area (Å²) in [6, 6.07) is 5.37. The van der Waals surface area contributed by atoms with Crippen molar-refractivity contribution in [2.45, 2.75) is 6.18 Å². The van der Waals surface area contributed by atoms with Crippen LogP contribution in [0.25, 0.3) is 0 Å². The third-order valence-corrected chi connectivity index (χ3v) is 5.64. The van der Waals surface area contributed by atoms with Crippen LogP contribution in [0.2, 0.25) is 0 Å². The van der Waals surface area contributed by atoms with Crippen molar-refractivity contribution in [2.75, 3.05) is 77.4 Å². The first-order valence-corrected chi connectivity index (χ1v) is 10.1. The Labute approximate surface area is 174 Å². The molecule has 0 aromatic heterocycles. The van der Waals surface area contributed by atoms with E-state index in [1.165, 1.54) is 12.1 Å². The topological polar surface area (TPSA) is 59.1 Å². The highest BCUT2D eigenvalue weighted by molar-refractivity contribution is 5.79. The van der Waals surface area contributed by atoms with Crippen molar-refractivity contribution < 1.29 is 22.8 Å². The fourth-order valence-corrected chi connectivity index (χ4v) is 3.77. The summed E-state index contributed by atoms with van der Waals surface area (Å²) in [7, 11) is 1.61. The van der Waals surface area contributed by atoms with Gasteiger partial charge in [0.2, 0.25) is 11.8 Å². The van der Waals surface area contributed by atoms with E-state index in [0.717, 1.165) is 6.07 Å². The van der Waals surface area contributed by atoms with Gasteiger partial charge in [0.25, 0.3) is 0 Å². The largest absolute Gasteiger partial charge is 0.416 e. The molecule has 1 aromatic carbocycles. The van der Waals surface area contributed by atoms with Crippen molar-refractivity contribution in [1.29, 1.82) is 0 Å². The van der Waals surface area contributed by atoms with Gasteiger partial charge in [-0.15, -0.1) is 0 Å². The van der Waals surface area contributed by atoms with Crippen molar-refractivity contribution in [1.82, 2.24) is 20.0 Å². The maximum absolute atomic E-state index is 12.9. The quantitative estimate of drug-likeness (QED) is 0.751. The van der Waals surface area contributed by atoms with Gasteiger partial charge in [0, 0.05) is 65.1 Å². The van der Waals surface area contributed by atoms with Gasteiger partial charge in [-0.2, -0.15) is 13.2 Å². The lowest BCUT2D eigenvalue weighted by atomic mass is 10.1. The lowest BCUT2D eigenvalue weighted by Gasteiger charge is -2.38. The first-order valence-electron chi connectivity index (χ1n) is 10.1. The molecule has 2 amide bonds. The number of piperazine rings is 2. The Bertz CT molecular complexity index is 742. The van der Waals surface area contributed by atoms with E-state index in [-0.39, 0.29) is 11.8 Å². The highest BCUT2D eigenvalue weighted by Gasteiger charge is 2.31. The molecule has 1 N–H and O–H groups in total. The molecule has 0 spiro atoms. The Morgan fingerprint density at radius 1 is 0.933 bits per heavy atom. The number of carbonyl (C=O) groups excluding carboxylic acids is 2. The molecule has 0 radical (unpaired) electrons. The molecule has 0 atom stereocenters. The van der Waals surface area contributed by atoms with E-state index in [9.17, 15) is 22.8 Å². The molecule has 10 heteroatoms. The monoisotopic (exact) mass is 427 g/mol. The van der Waals surface area contributed by atoms with Crippen LogP contribution in [0.3, 0.4) is 0 Å². The van der Waals surface area contributed by atoms with Gasteiger partial charge in [-0.25, -0.2) is 0 Å². The number of hydrogen-bond donors (Lipinski definition) is 1. The van der Waals surface area contributed by atoms with Crippen LogP contribution in [-0.2, 0) is 15.8 Å². The molecule has 0 aliphatic carbocycles. The van der Waals surface area contributed by atoms with E-state index >= 15 is 0 Å². The summed E-state index contributed by atoms with van der Waals surface area (Å²) in [6.45, 7) is 5.59. The minimum Gasteiger partial charge on any atom is -0.369 e. The van der Waals surface area contributed by atoms with E-state index in [1.807, 2.05) is 19.6 Å². The average Bonchev–Trinajstić information content (AvgIpc) is 2.74. The second-order valence-electron chi connectivity index (χ2n) is 7.64. The molecule has 0 saturated carbocycles. The van der Waals surface area contributed by atoms with Gasteiger partial charge >= 0.3 is 6.18 Å². The first kappa shape index (κ1) is 22.4. The van der Waals surface area contributed by atoms with Gasteiger partial charge in [0.05, 0.1) is 18.7 Å². The second-order valence-corrected chi connectivity index (χ2v) is 7.64. The van der Waals surface area contributed by atoms with Gasteiger partial charge in [-0.05, 0) is 18.2 Å². The first-order chi connectivity index (χ1) is 14.3. The summed E-state index contributed by atoms with van der Waals surface area (Å²) < 4.78 is 38.8. The van der Waals surface area contributed by atoms with Crippen LogP contribution in [0.5, 0.6) is 0 Å². The van der Waals surface area contributed by atoms with Crippen LogP contribution in [0.4, 0.5) is 18.9 Å². The molecule has 0 bridgehead atoms. The minimum absolute atomic E-state index is 0.0339. The molecule has 2 aliphatic rings. The number of amides is 2. The normalized spacial score (nSPS) is 19.1. The summed E-state index contributed by atoms with van der Waals surface area (Å²) in [5.41, 5.74) is -0.0868. The van der Waals surface area contributed by atoms with E-state index < -0.39 is 11.7 Å². The van der Waals surface area contributed by atoms with Crippen molar-refractivity contribution in [3.63, 3.8) is 0 Å². The molecule has 30 heavy (non-hydrogen) atoms. The van der Waals surface area contributed by atoms with Gasteiger partial charge in [0.1, 0.15) is 0 Å². The standard InChI is InChI=1S/C20H28F3N5O2/c1-24-18(29)14-25-7-11-28(12-8-25)19(30)15-26-5-9-27(10-6-26)17-4-2-3-16(13-17)20(21,22)23/h2-4,13H,5-12,14-15H2,1H3,(H,24,29). The summed E-state index contributed by atoms with van der Waals surface area (Å²) in [6.07, 6.45) is -4.35. The molecule has 2 aliphatic heterocycles. The smallest absolute Gasteiger partial charge is 0.369 e. The molecule has 166 valence electrons. The highest BCUT2D eigenvalue weighted by atomic mass is 19.4. The number of carbonyl (C=O) groups is 2. The second kappa shape index (κ2) is 9.65. The number of benzene rings is 1. The zero-order valence-electron chi connectivity index (χ0n) is 17.1. The predicted octanol–water partition coefficient (Wildman–Crippen LogP) is 0.718. The summed E-state index contributed by atoms with van der Waals surface area (Å²) >= 11 is 0. The lowest BCUT2D eigenvalue weighted by molar-refractivity contribution is -0.137. The Balaban J connectivity index is 1.44. The third-order valence-electron chi connectivity index (χ3n) is 5.64. The van der Waals surface area contributed by atoms with Crippen LogP contribution < -0.4 is 10.2 Å². The van der Waals surface area contributed by atoms with Crippen LogP contribution >= 0.6 is 0 Å². The van der Waals surface area contributed by atoms with Gasteiger partial charge in [-0.3, -0.25) is 19.4 Å². The molecule has 2 heterocycles. The van der Waals surface area contributed by atoms with E-state index in [1.54, 1.807) is 13.1 Å². The molecular weight excluding hydrogens is 399 g/mol. The molecule has 2 saturated heterocycles. The summed E-state index contributed by atoms with van der Waals surface area (Å²) in [5, 5.41) is 2.60. The maximum atomic E-state index is 12.9.